The number of aliphatic hydroxyl groups is 1. The van der Waals surface area contributed by atoms with Crippen LogP contribution in [0.5, 0.6) is 0 Å². The van der Waals surface area contributed by atoms with Crippen molar-refractivity contribution in [2.45, 2.75) is 77.2 Å². The molecule has 0 unspecified atom stereocenters. The molecule has 0 heterocycles. The van der Waals surface area contributed by atoms with E-state index in [1.54, 1.807) is 0 Å². The van der Waals surface area contributed by atoms with E-state index in [0.29, 0.717) is 6.42 Å². The van der Waals surface area contributed by atoms with E-state index in [1.165, 1.54) is 38.5 Å². The predicted molar refractivity (Wildman–Crippen MR) is 86.8 cm³/mol. The Balaban J connectivity index is 3.41. The average Bonchev–Trinajstić information content (AvgIpc) is 2.48. The second-order valence-corrected chi connectivity index (χ2v) is 6.94. The first kappa shape index (κ1) is 22.5. The number of hydrogen-bond donors (Lipinski definition) is 3. The highest BCUT2D eigenvalue weighted by Gasteiger charge is 2.17. The van der Waals surface area contributed by atoms with Gasteiger partial charge in [-0.15, -0.1) is 0 Å². The van der Waals surface area contributed by atoms with E-state index in [-0.39, 0.29) is 6.61 Å². The monoisotopic (exact) mass is 354 g/mol. The minimum atomic E-state index is -4.61. The van der Waals surface area contributed by atoms with Gasteiger partial charge in [0.25, 0.3) is 0 Å². The number of carbonyl (C=O) groups excluding carboxylic acids is 1. The minimum absolute atomic E-state index is 0.294. The molecular formula is C15H31O7P. The van der Waals surface area contributed by atoms with Crippen molar-refractivity contribution in [1.29, 1.82) is 0 Å². The van der Waals surface area contributed by atoms with E-state index in [9.17, 15) is 14.5 Å². The quantitative estimate of drug-likeness (QED) is 0.235. The second-order valence-electron chi connectivity index (χ2n) is 5.70. The summed E-state index contributed by atoms with van der Waals surface area (Å²) in [5.41, 5.74) is 0. The van der Waals surface area contributed by atoms with Crippen LogP contribution in [0.2, 0.25) is 0 Å². The van der Waals surface area contributed by atoms with Crippen LogP contribution in [-0.2, 0) is 18.6 Å². The first-order valence-electron chi connectivity index (χ1n) is 8.39. The lowest BCUT2D eigenvalue weighted by atomic mass is 10.1. The van der Waals surface area contributed by atoms with E-state index >= 15 is 0 Å². The molecule has 0 fully saturated rings. The smallest absolute Gasteiger partial charge is 0.463 e. The van der Waals surface area contributed by atoms with Gasteiger partial charge in [-0.1, -0.05) is 58.3 Å². The molecule has 0 saturated heterocycles. The normalized spacial score (nSPS) is 13.0. The van der Waals surface area contributed by atoms with Gasteiger partial charge in [-0.25, -0.2) is 4.57 Å². The van der Waals surface area contributed by atoms with Crippen molar-refractivity contribution in [3.63, 3.8) is 0 Å². The van der Waals surface area contributed by atoms with Gasteiger partial charge in [0.05, 0.1) is 6.61 Å². The van der Waals surface area contributed by atoms with Crippen LogP contribution in [0.3, 0.4) is 0 Å². The molecule has 7 nitrogen and oxygen atoms in total. The fourth-order valence-electron chi connectivity index (χ4n) is 2.07. The summed E-state index contributed by atoms with van der Waals surface area (Å²) in [5, 5.41) is 9.35. The van der Waals surface area contributed by atoms with Gasteiger partial charge in [0.1, 0.15) is 12.7 Å². The van der Waals surface area contributed by atoms with E-state index in [1.807, 2.05) is 0 Å². The van der Waals surface area contributed by atoms with E-state index < -0.39 is 26.5 Å². The Morgan fingerprint density at radius 3 is 2.00 bits per heavy atom. The van der Waals surface area contributed by atoms with Crippen LogP contribution < -0.4 is 0 Å². The Morgan fingerprint density at radius 1 is 0.957 bits per heavy atom. The van der Waals surface area contributed by atoms with Crippen molar-refractivity contribution in [2.24, 2.45) is 0 Å². The highest BCUT2D eigenvalue weighted by atomic mass is 31.2. The molecule has 0 aromatic heterocycles. The standard InChI is InChI=1S/C15H31O7P/c1-2-3-4-5-6-7-8-9-10-11-15(17)21-12-14(16)13-22-23(18,19)20/h14,16H,2-13H2,1H3,(H2,18,19,20)/t14-/m1/s1. The van der Waals surface area contributed by atoms with Crippen LogP contribution in [-0.4, -0.2) is 40.2 Å². The minimum Gasteiger partial charge on any atom is -0.463 e. The highest BCUT2D eigenvalue weighted by molar-refractivity contribution is 7.46. The summed E-state index contributed by atoms with van der Waals surface area (Å²) in [5.74, 6) is -0.414. The van der Waals surface area contributed by atoms with Gasteiger partial charge in [-0.05, 0) is 6.42 Å². The second kappa shape index (κ2) is 13.9. The number of rotatable bonds is 15. The third kappa shape index (κ3) is 17.7. The number of unbranched alkanes of at least 4 members (excludes halogenated alkanes) is 8. The molecule has 0 rings (SSSR count). The zero-order chi connectivity index (χ0) is 17.6. The van der Waals surface area contributed by atoms with Crippen LogP contribution in [0.15, 0.2) is 0 Å². The van der Waals surface area contributed by atoms with Crippen LogP contribution >= 0.6 is 7.82 Å². The average molecular weight is 354 g/mol. The summed E-state index contributed by atoms with van der Waals surface area (Å²) in [6.45, 7) is 1.30. The third-order valence-corrected chi connectivity index (χ3v) is 3.84. The molecule has 23 heavy (non-hydrogen) atoms. The first-order chi connectivity index (χ1) is 10.8. The maximum atomic E-state index is 11.4. The molecule has 0 aliphatic rings. The summed E-state index contributed by atoms with van der Waals surface area (Å²) < 4.78 is 19.4. The molecule has 0 radical (unpaired) electrons. The number of carbonyl (C=O) groups is 1. The van der Waals surface area contributed by atoms with Crippen LogP contribution in [0.4, 0.5) is 0 Å². The van der Waals surface area contributed by atoms with Gasteiger partial charge in [0.15, 0.2) is 0 Å². The molecule has 3 N–H and O–H groups in total. The first-order valence-corrected chi connectivity index (χ1v) is 9.92. The number of ether oxygens (including phenoxy) is 1. The summed E-state index contributed by atoms with van der Waals surface area (Å²) in [4.78, 5) is 28.4. The summed E-state index contributed by atoms with van der Waals surface area (Å²) >= 11 is 0. The summed E-state index contributed by atoms with van der Waals surface area (Å²) in [7, 11) is -4.61. The topological polar surface area (TPSA) is 113 Å². The molecule has 0 amide bonds. The lowest BCUT2D eigenvalue weighted by Crippen LogP contribution is -2.23. The number of phosphoric acid groups is 1. The predicted octanol–water partition coefficient (Wildman–Crippen LogP) is 2.92. The van der Waals surface area contributed by atoms with Crippen molar-refractivity contribution < 1.29 is 33.5 Å². The zero-order valence-corrected chi connectivity index (χ0v) is 14.9. The number of esters is 1. The number of phosphoric ester groups is 1. The van der Waals surface area contributed by atoms with Crippen LogP contribution in [0, 0.1) is 0 Å². The Kier molecular flexibility index (Phi) is 13.7. The highest BCUT2D eigenvalue weighted by Crippen LogP contribution is 2.35. The van der Waals surface area contributed by atoms with Crippen molar-refractivity contribution >= 4 is 13.8 Å². The SMILES string of the molecule is CCCCCCCCCCCC(=O)OC[C@@H](O)COP(=O)(O)O. The maximum Gasteiger partial charge on any atom is 0.469 e. The maximum absolute atomic E-state index is 11.4. The molecule has 1 atom stereocenters. The Labute approximate surface area is 138 Å². The van der Waals surface area contributed by atoms with Crippen LogP contribution in [0.1, 0.15) is 71.1 Å². The van der Waals surface area contributed by atoms with E-state index in [2.05, 4.69) is 11.4 Å². The molecular weight excluding hydrogens is 323 g/mol. The molecule has 0 aromatic carbocycles. The Morgan fingerprint density at radius 2 is 1.48 bits per heavy atom. The van der Waals surface area contributed by atoms with Crippen LogP contribution in [0.25, 0.3) is 0 Å². The largest absolute Gasteiger partial charge is 0.469 e. The van der Waals surface area contributed by atoms with Gasteiger partial charge in [-0.3, -0.25) is 9.32 Å². The van der Waals surface area contributed by atoms with Gasteiger partial charge in [-0.2, -0.15) is 0 Å². The van der Waals surface area contributed by atoms with Crippen molar-refractivity contribution in [3.05, 3.63) is 0 Å². The van der Waals surface area contributed by atoms with Crippen molar-refractivity contribution in [2.75, 3.05) is 13.2 Å². The van der Waals surface area contributed by atoms with Crippen molar-refractivity contribution in [3.8, 4) is 0 Å². The fourth-order valence-corrected chi connectivity index (χ4v) is 2.44. The van der Waals surface area contributed by atoms with Crippen molar-refractivity contribution in [1.82, 2.24) is 0 Å². The molecule has 0 aromatic rings. The molecule has 0 aliphatic carbocycles. The van der Waals surface area contributed by atoms with Gasteiger partial charge in [0, 0.05) is 6.42 Å². The van der Waals surface area contributed by atoms with Gasteiger partial charge >= 0.3 is 13.8 Å². The van der Waals surface area contributed by atoms with E-state index in [4.69, 9.17) is 14.5 Å². The molecule has 0 aliphatic heterocycles. The fraction of sp³-hybridized carbons (Fsp3) is 0.933. The van der Waals surface area contributed by atoms with Gasteiger partial charge in [0.2, 0.25) is 0 Å². The summed E-state index contributed by atoms with van der Waals surface area (Å²) in [6, 6.07) is 0. The lowest BCUT2D eigenvalue weighted by molar-refractivity contribution is -0.147. The van der Waals surface area contributed by atoms with E-state index in [0.717, 1.165) is 19.3 Å². The molecule has 138 valence electrons. The molecule has 0 spiro atoms. The molecule has 0 bridgehead atoms. The Hall–Kier alpha value is -0.460. The molecule has 8 heteroatoms. The number of aliphatic hydroxyl groups excluding tert-OH is 1. The zero-order valence-electron chi connectivity index (χ0n) is 14.0. The number of hydrogen-bond acceptors (Lipinski definition) is 5. The third-order valence-electron chi connectivity index (χ3n) is 3.36. The van der Waals surface area contributed by atoms with Gasteiger partial charge < -0.3 is 19.6 Å². The summed E-state index contributed by atoms with van der Waals surface area (Å²) in [6.07, 6.45) is 9.47. The lowest BCUT2D eigenvalue weighted by Gasteiger charge is -2.12. The Bertz CT molecular complexity index is 343. The molecule has 0 saturated carbocycles.